The minimum atomic E-state index is -2.07. The number of nitrogens with zero attached hydrogens (tertiary/aromatic N) is 3. The monoisotopic (exact) mass is 681 g/mol. The molecule has 0 bridgehead atoms. The standard InChI is InChI=1S/C48H35N3Si/c1-52(2)43-27-13-12-24-39(43)45-46(33-18-8-4-9-19-33)49-47(50-48(45)52)36-21-14-20-35(30-36)38-25-15-26-42-44(38)40-31-34(32-16-6-3-7-17-32)28-29-41(40)51(42)37-22-10-5-11-23-37/h3-31H,1-2H3. The first-order valence-corrected chi connectivity index (χ1v) is 20.9. The lowest BCUT2D eigenvalue weighted by atomic mass is 9.96. The van der Waals surface area contributed by atoms with E-state index in [2.05, 4.69) is 194 Å². The predicted molar refractivity (Wildman–Crippen MR) is 220 cm³/mol. The molecule has 0 spiro atoms. The van der Waals surface area contributed by atoms with Crippen LogP contribution in [0, 0.1) is 0 Å². The van der Waals surface area contributed by atoms with Gasteiger partial charge in [0.1, 0.15) is 8.07 Å². The van der Waals surface area contributed by atoms with Gasteiger partial charge in [0.25, 0.3) is 0 Å². The maximum absolute atomic E-state index is 5.46. The largest absolute Gasteiger partial charge is 0.309 e. The zero-order chi connectivity index (χ0) is 34.8. The fraction of sp³-hybridized carbons (Fsp3) is 0.0417. The molecule has 52 heavy (non-hydrogen) atoms. The quantitative estimate of drug-likeness (QED) is 0.169. The van der Waals surface area contributed by atoms with Gasteiger partial charge in [0.2, 0.25) is 0 Å². The Hall–Kier alpha value is -6.36. The van der Waals surface area contributed by atoms with Crippen LogP contribution in [0.25, 0.3) is 83.5 Å². The topological polar surface area (TPSA) is 30.7 Å². The Morgan fingerprint density at radius 2 is 1.10 bits per heavy atom. The first kappa shape index (κ1) is 30.5. The van der Waals surface area contributed by atoms with Crippen molar-refractivity contribution >= 4 is 40.4 Å². The third-order valence-electron chi connectivity index (χ3n) is 10.8. The molecule has 0 atom stereocenters. The minimum absolute atomic E-state index is 0.776. The van der Waals surface area contributed by atoms with E-state index in [1.54, 1.807) is 0 Å². The van der Waals surface area contributed by atoms with Crippen molar-refractivity contribution < 1.29 is 0 Å². The SMILES string of the molecule is C[Si]1(C)c2ccccc2-c2c(-c3ccccc3)nc(-c3cccc(-c4cccc5c4c4cc(-c6ccccc6)ccc4n5-c4ccccc4)c3)nc21. The average Bonchev–Trinajstić information content (AvgIpc) is 3.67. The lowest BCUT2D eigenvalue weighted by molar-refractivity contribution is 1.18. The second kappa shape index (κ2) is 11.9. The average molecular weight is 682 g/mol. The first-order chi connectivity index (χ1) is 25.6. The summed E-state index contributed by atoms with van der Waals surface area (Å²) in [6, 6.07) is 63.2. The van der Waals surface area contributed by atoms with Gasteiger partial charge in [-0.15, -0.1) is 0 Å². The number of para-hydroxylation sites is 1. The minimum Gasteiger partial charge on any atom is -0.309 e. The van der Waals surface area contributed by atoms with Gasteiger partial charge in [-0.05, 0) is 69.4 Å². The highest BCUT2D eigenvalue weighted by Crippen LogP contribution is 2.41. The van der Waals surface area contributed by atoms with Crippen molar-refractivity contribution in [2.75, 3.05) is 0 Å². The van der Waals surface area contributed by atoms with Crippen LogP contribution in [0.1, 0.15) is 0 Å². The molecule has 2 aromatic heterocycles. The van der Waals surface area contributed by atoms with Crippen LogP contribution in [0.3, 0.4) is 0 Å². The summed E-state index contributed by atoms with van der Waals surface area (Å²) >= 11 is 0. The highest BCUT2D eigenvalue weighted by Gasteiger charge is 2.41. The Balaban J connectivity index is 1.20. The second-order valence-corrected chi connectivity index (χ2v) is 18.5. The van der Waals surface area contributed by atoms with Gasteiger partial charge < -0.3 is 4.57 Å². The number of benzene rings is 7. The third-order valence-corrected chi connectivity index (χ3v) is 14.1. The normalized spacial score (nSPS) is 13.0. The van der Waals surface area contributed by atoms with Crippen LogP contribution in [0.5, 0.6) is 0 Å². The number of rotatable bonds is 5. The molecule has 0 aliphatic carbocycles. The van der Waals surface area contributed by atoms with Gasteiger partial charge >= 0.3 is 0 Å². The maximum Gasteiger partial charge on any atom is 0.159 e. The van der Waals surface area contributed by atoms with E-state index in [-0.39, 0.29) is 0 Å². The summed E-state index contributed by atoms with van der Waals surface area (Å²) in [5, 5.41) is 5.11. The summed E-state index contributed by atoms with van der Waals surface area (Å²) in [4.78, 5) is 10.9. The van der Waals surface area contributed by atoms with Crippen LogP contribution in [0.15, 0.2) is 176 Å². The summed E-state index contributed by atoms with van der Waals surface area (Å²) in [7, 11) is -2.07. The molecule has 9 aromatic rings. The molecular formula is C48H35N3Si. The van der Waals surface area contributed by atoms with Crippen molar-refractivity contribution in [1.29, 1.82) is 0 Å². The number of fused-ring (bicyclic) bond motifs is 6. The number of hydrogen-bond donors (Lipinski definition) is 0. The summed E-state index contributed by atoms with van der Waals surface area (Å²) < 4.78 is 2.40. The molecule has 4 heteroatoms. The third kappa shape index (κ3) is 4.72. The summed E-state index contributed by atoms with van der Waals surface area (Å²) in [6.07, 6.45) is 0. The van der Waals surface area contributed by atoms with E-state index in [1.807, 2.05) is 0 Å². The molecule has 10 rings (SSSR count). The van der Waals surface area contributed by atoms with Crippen molar-refractivity contribution in [2.24, 2.45) is 0 Å². The fourth-order valence-corrected chi connectivity index (χ4v) is 11.2. The van der Waals surface area contributed by atoms with Gasteiger partial charge in [0, 0.05) is 38.5 Å². The van der Waals surface area contributed by atoms with E-state index in [0.717, 1.165) is 33.9 Å². The van der Waals surface area contributed by atoms with E-state index in [1.165, 1.54) is 60.1 Å². The molecule has 0 amide bonds. The number of hydrogen-bond acceptors (Lipinski definition) is 2. The van der Waals surface area contributed by atoms with Crippen LogP contribution in [0.2, 0.25) is 13.1 Å². The predicted octanol–water partition coefficient (Wildman–Crippen LogP) is 11.0. The van der Waals surface area contributed by atoms with Gasteiger partial charge in [-0.1, -0.05) is 153 Å². The van der Waals surface area contributed by atoms with Crippen molar-refractivity contribution in [2.45, 2.75) is 13.1 Å². The van der Waals surface area contributed by atoms with Crippen LogP contribution in [-0.2, 0) is 0 Å². The van der Waals surface area contributed by atoms with Gasteiger partial charge in [-0.25, -0.2) is 9.97 Å². The molecule has 0 unspecified atom stereocenters. The molecule has 0 fully saturated rings. The van der Waals surface area contributed by atoms with Gasteiger partial charge in [-0.2, -0.15) is 0 Å². The lowest BCUT2D eigenvalue weighted by Crippen LogP contribution is -2.50. The van der Waals surface area contributed by atoms with Crippen LogP contribution < -0.4 is 10.5 Å². The Bertz CT molecular complexity index is 2800. The second-order valence-electron chi connectivity index (χ2n) is 14.2. The molecule has 7 aromatic carbocycles. The van der Waals surface area contributed by atoms with E-state index in [9.17, 15) is 0 Å². The van der Waals surface area contributed by atoms with Gasteiger partial charge in [0.15, 0.2) is 5.82 Å². The summed E-state index contributed by atoms with van der Waals surface area (Å²) in [6.45, 7) is 4.85. The number of aromatic nitrogens is 3. The van der Waals surface area contributed by atoms with E-state index >= 15 is 0 Å². The Kier molecular flexibility index (Phi) is 6.95. The maximum atomic E-state index is 5.46. The molecule has 0 saturated carbocycles. The van der Waals surface area contributed by atoms with Gasteiger partial charge in [0.05, 0.1) is 16.7 Å². The Morgan fingerprint density at radius 1 is 0.462 bits per heavy atom. The molecule has 1 aliphatic rings. The van der Waals surface area contributed by atoms with Crippen LogP contribution >= 0.6 is 0 Å². The molecule has 0 saturated heterocycles. The smallest absolute Gasteiger partial charge is 0.159 e. The van der Waals surface area contributed by atoms with Crippen LogP contribution in [0.4, 0.5) is 0 Å². The van der Waals surface area contributed by atoms with Crippen molar-refractivity contribution in [3.63, 3.8) is 0 Å². The Labute approximate surface area is 304 Å². The molecule has 3 nitrogen and oxygen atoms in total. The Morgan fingerprint density at radius 3 is 1.88 bits per heavy atom. The zero-order valence-corrected chi connectivity index (χ0v) is 30.1. The summed E-state index contributed by atoms with van der Waals surface area (Å²) in [5.41, 5.74) is 13.9. The fourth-order valence-electron chi connectivity index (χ4n) is 8.28. The van der Waals surface area contributed by atoms with Gasteiger partial charge in [-0.3, -0.25) is 0 Å². The van der Waals surface area contributed by atoms with E-state index < -0.39 is 8.07 Å². The van der Waals surface area contributed by atoms with Crippen molar-refractivity contribution in [1.82, 2.24) is 14.5 Å². The highest BCUT2D eigenvalue weighted by atomic mass is 28.3. The van der Waals surface area contributed by atoms with E-state index in [0.29, 0.717) is 0 Å². The molecule has 1 aliphatic heterocycles. The molecule has 246 valence electrons. The zero-order valence-electron chi connectivity index (χ0n) is 29.1. The molecule has 0 N–H and O–H groups in total. The molecule has 3 heterocycles. The summed E-state index contributed by atoms with van der Waals surface area (Å²) in [5.74, 6) is 0.776. The first-order valence-electron chi connectivity index (χ1n) is 17.9. The molecule has 0 radical (unpaired) electrons. The van der Waals surface area contributed by atoms with E-state index in [4.69, 9.17) is 9.97 Å². The van der Waals surface area contributed by atoms with Crippen molar-refractivity contribution in [3.05, 3.63) is 176 Å². The lowest BCUT2D eigenvalue weighted by Gasteiger charge is -2.19. The highest BCUT2D eigenvalue weighted by molar-refractivity contribution is 7.03. The molecular weight excluding hydrogens is 647 g/mol. The van der Waals surface area contributed by atoms with Crippen LogP contribution in [-0.4, -0.2) is 22.6 Å². The van der Waals surface area contributed by atoms with Crippen molar-refractivity contribution in [3.8, 4) is 61.7 Å².